The number of amides is 2. The zero-order chi connectivity index (χ0) is 20.9. The molecule has 2 aliphatic rings. The summed E-state index contributed by atoms with van der Waals surface area (Å²) in [6.07, 6.45) is 6.20. The van der Waals surface area contributed by atoms with Gasteiger partial charge in [0.05, 0.1) is 6.61 Å². The molecule has 1 aliphatic carbocycles. The molecule has 1 N–H and O–H groups in total. The molecular weight excluding hydrogens is 376 g/mol. The van der Waals surface area contributed by atoms with E-state index in [0.29, 0.717) is 25.3 Å². The molecule has 2 aromatic carbocycles. The first-order valence-electron chi connectivity index (χ1n) is 11.1. The highest BCUT2D eigenvalue weighted by Crippen LogP contribution is 2.23. The van der Waals surface area contributed by atoms with Gasteiger partial charge in [0.2, 0.25) is 0 Å². The number of aryl methyl sites for hydroxylation is 2. The largest absolute Gasteiger partial charge is 0.494 e. The molecule has 0 spiro atoms. The van der Waals surface area contributed by atoms with Crippen molar-refractivity contribution in [3.63, 3.8) is 0 Å². The smallest absolute Gasteiger partial charge is 0.253 e. The Morgan fingerprint density at radius 3 is 2.33 bits per heavy atom. The number of hydrogen-bond donors (Lipinski definition) is 1. The van der Waals surface area contributed by atoms with Gasteiger partial charge in [-0.2, -0.15) is 0 Å². The second-order valence-corrected chi connectivity index (χ2v) is 8.19. The highest BCUT2D eigenvalue weighted by Gasteiger charge is 2.25. The van der Waals surface area contributed by atoms with Gasteiger partial charge in [-0.1, -0.05) is 6.07 Å². The minimum absolute atomic E-state index is 0.000312. The maximum atomic E-state index is 12.8. The van der Waals surface area contributed by atoms with Crippen molar-refractivity contribution in [2.45, 2.75) is 51.5 Å². The van der Waals surface area contributed by atoms with Gasteiger partial charge in [-0.05, 0) is 93.0 Å². The molecule has 158 valence electrons. The summed E-state index contributed by atoms with van der Waals surface area (Å²) in [5.41, 5.74) is 4.14. The van der Waals surface area contributed by atoms with Crippen molar-refractivity contribution < 1.29 is 14.3 Å². The molecule has 4 rings (SSSR count). The molecule has 5 heteroatoms. The number of ether oxygens (including phenoxy) is 1. The van der Waals surface area contributed by atoms with Crippen molar-refractivity contribution in [2.75, 3.05) is 19.7 Å². The first-order valence-corrected chi connectivity index (χ1v) is 11.1. The van der Waals surface area contributed by atoms with E-state index in [9.17, 15) is 9.59 Å². The van der Waals surface area contributed by atoms with Crippen LogP contribution >= 0.6 is 0 Å². The Bertz CT molecular complexity index is 899. The Kier molecular flexibility index (Phi) is 6.36. The van der Waals surface area contributed by atoms with Crippen molar-refractivity contribution in [3.05, 3.63) is 64.7 Å². The number of nitrogens with one attached hydrogen (secondary N) is 1. The lowest BCUT2D eigenvalue weighted by atomic mass is 9.90. The second kappa shape index (κ2) is 9.33. The van der Waals surface area contributed by atoms with Gasteiger partial charge >= 0.3 is 0 Å². The molecule has 0 atom stereocenters. The van der Waals surface area contributed by atoms with Crippen molar-refractivity contribution in [3.8, 4) is 5.75 Å². The molecular formula is C25H30N2O3. The monoisotopic (exact) mass is 406 g/mol. The summed E-state index contributed by atoms with van der Waals surface area (Å²) in [5.74, 6) is 0.815. The number of piperidine rings is 1. The fourth-order valence-corrected chi connectivity index (χ4v) is 4.41. The molecule has 1 fully saturated rings. The summed E-state index contributed by atoms with van der Waals surface area (Å²) < 4.78 is 5.44. The van der Waals surface area contributed by atoms with E-state index in [1.165, 1.54) is 24.0 Å². The van der Waals surface area contributed by atoms with Gasteiger partial charge in [0.15, 0.2) is 0 Å². The topological polar surface area (TPSA) is 58.6 Å². The Morgan fingerprint density at radius 1 is 0.967 bits per heavy atom. The van der Waals surface area contributed by atoms with Gasteiger partial charge in [0, 0.05) is 30.3 Å². The third kappa shape index (κ3) is 4.66. The Morgan fingerprint density at radius 2 is 1.63 bits per heavy atom. The summed E-state index contributed by atoms with van der Waals surface area (Å²) >= 11 is 0. The average molecular weight is 407 g/mol. The molecule has 0 unspecified atom stereocenters. The van der Waals surface area contributed by atoms with E-state index >= 15 is 0 Å². The minimum Gasteiger partial charge on any atom is -0.494 e. The summed E-state index contributed by atoms with van der Waals surface area (Å²) in [4.78, 5) is 27.3. The van der Waals surface area contributed by atoms with E-state index in [-0.39, 0.29) is 17.9 Å². The van der Waals surface area contributed by atoms with E-state index in [1.54, 1.807) is 0 Å². The van der Waals surface area contributed by atoms with E-state index in [1.807, 2.05) is 42.2 Å². The fraction of sp³-hybridized carbons (Fsp3) is 0.440. The molecule has 1 heterocycles. The van der Waals surface area contributed by atoms with Gasteiger partial charge < -0.3 is 15.0 Å². The van der Waals surface area contributed by atoms with Crippen molar-refractivity contribution in [1.82, 2.24) is 10.2 Å². The van der Waals surface area contributed by atoms with E-state index in [4.69, 9.17) is 4.74 Å². The fourth-order valence-electron chi connectivity index (χ4n) is 4.41. The average Bonchev–Trinajstić information content (AvgIpc) is 2.79. The lowest BCUT2D eigenvalue weighted by Gasteiger charge is -2.32. The lowest BCUT2D eigenvalue weighted by molar-refractivity contribution is 0.0698. The van der Waals surface area contributed by atoms with Gasteiger partial charge in [0.25, 0.3) is 11.8 Å². The molecule has 2 amide bonds. The summed E-state index contributed by atoms with van der Waals surface area (Å²) in [5, 5.41) is 3.17. The highest BCUT2D eigenvalue weighted by molar-refractivity contribution is 5.95. The molecule has 0 aromatic heterocycles. The Balaban J connectivity index is 1.30. The zero-order valence-electron chi connectivity index (χ0n) is 17.7. The van der Waals surface area contributed by atoms with Crippen LogP contribution in [0.25, 0.3) is 0 Å². The predicted molar refractivity (Wildman–Crippen MR) is 117 cm³/mol. The maximum Gasteiger partial charge on any atom is 0.253 e. The predicted octanol–water partition coefficient (Wildman–Crippen LogP) is 4.00. The Hall–Kier alpha value is -2.82. The molecule has 1 saturated heterocycles. The minimum atomic E-state index is -0.000312. The van der Waals surface area contributed by atoms with Crippen LogP contribution in [0.15, 0.2) is 42.5 Å². The standard InChI is InChI=1S/C25H30N2O3/c1-2-30-23-11-9-19(10-12-23)25(29)27-15-13-22(14-16-27)26-24(28)21-8-7-18-5-3-4-6-20(18)17-21/h7-12,17,22H,2-6,13-16H2,1H3,(H,26,28). The third-order valence-corrected chi connectivity index (χ3v) is 6.14. The van der Waals surface area contributed by atoms with Gasteiger partial charge in [0.1, 0.15) is 5.75 Å². The van der Waals surface area contributed by atoms with Crippen LogP contribution < -0.4 is 10.1 Å². The summed E-state index contributed by atoms with van der Waals surface area (Å²) in [6, 6.07) is 13.5. The number of benzene rings is 2. The molecule has 0 bridgehead atoms. The molecule has 0 saturated carbocycles. The van der Waals surface area contributed by atoms with E-state index < -0.39 is 0 Å². The molecule has 1 aliphatic heterocycles. The van der Waals surface area contributed by atoms with Crippen LogP contribution in [-0.2, 0) is 12.8 Å². The summed E-state index contributed by atoms with van der Waals surface area (Å²) in [7, 11) is 0. The Labute approximate surface area is 178 Å². The number of fused-ring (bicyclic) bond motifs is 1. The van der Waals surface area contributed by atoms with Gasteiger partial charge in [-0.3, -0.25) is 9.59 Å². The third-order valence-electron chi connectivity index (χ3n) is 6.14. The number of hydrogen-bond acceptors (Lipinski definition) is 3. The van der Waals surface area contributed by atoms with E-state index in [0.717, 1.165) is 37.0 Å². The van der Waals surface area contributed by atoms with Crippen molar-refractivity contribution >= 4 is 11.8 Å². The number of carbonyl (C=O) groups excluding carboxylic acids is 2. The highest BCUT2D eigenvalue weighted by atomic mass is 16.5. The van der Waals surface area contributed by atoms with Crippen LogP contribution in [0.1, 0.15) is 64.4 Å². The van der Waals surface area contributed by atoms with Gasteiger partial charge in [-0.25, -0.2) is 0 Å². The van der Waals surface area contributed by atoms with Crippen molar-refractivity contribution in [1.29, 1.82) is 0 Å². The van der Waals surface area contributed by atoms with E-state index in [2.05, 4.69) is 17.4 Å². The SMILES string of the molecule is CCOc1ccc(C(=O)N2CCC(NC(=O)c3ccc4c(c3)CCCC4)CC2)cc1. The lowest BCUT2D eigenvalue weighted by Crippen LogP contribution is -2.46. The number of rotatable bonds is 5. The molecule has 5 nitrogen and oxygen atoms in total. The number of likely N-dealkylation sites (tertiary alicyclic amines) is 1. The van der Waals surface area contributed by atoms with Crippen LogP contribution in [-0.4, -0.2) is 42.5 Å². The summed E-state index contributed by atoms with van der Waals surface area (Å²) in [6.45, 7) is 3.86. The van der Waals surface area contributed by atoms with Gasteiger partial charge in [-0.15, -0.1) is 0 Å². The normalized spacial score (nSPS) is 16.6. The quantitative estimate of drug-likeness (QED) is 0.817. The number of nitrogens with zero attached hydrogens (tertiary/aromatic N) is 1. The molecule has 30 heavy (non-hydrogen) atoms. The maximum absolute atomic E-state index is 12.8. The molecule has 0 radical (unpaired) electrons. The van der Waals surface area contributed by atoms with Crippen LogP contribution in [0.5, 0.6) is 5.75 Å². The second-order valence-electron chi connectivity index (χ2n) is 8.19. The van der Waals surface area contributed by atoms with Crippen LogP contribution in [0.3, 0.4) is 0 Å². The zero-order valence-corrected chi connectivity index (χ0v) is 17.7. The molecule has 2 aromatic rings. The first kappa shape index (κ1) is 20.5. The van der Waals surface area contributed by atoms with Crippen LogP contribution in [0, 0.1) is 0 Å². The number of carbonyl (C=O) groups is 2. The van der Waals surface area contributed by atoms with Crippen molar-refractivity contribution in [2.24, 2.45) is 0 Å². The first-order chi connectivity index (χ1) is 14.6. The van der Waals surface area contributed by atoms with Crippen LogP contribution in [0.4, 0.5) is 0 Å². The van der Waals surface area contributed by atoms with Crippen LogP contribution in [0.2, 0.25) is 0 Å².